The lowest BCUT2D eigenvalue weighted by molar-refractivity contribution is -0.112. The van der Waals surface area contributed by atoms with Crippen LogP contribution in [0.3, 0.4) is 0 Å². The molecule has 0 atom stereocenters. The molecule has 0 aromatic heterocycles. The summed E-state index contributed by atoms with van der Waals surface area (Å²) >= 11 is 0. The molecule has 0 bridgehead atoms. The fourth-order valence-corrected chi connectivity index (χ4v) is 2.30. The first-order valence-electron chi connectivity index (χ1n) is 7.91. The third kappa shape index (κ3) is 5.21. The van der Waals surface area contributed by atoms with Gasteiger partial charge in [0.2, 0.25) is 0 Å². The molecule has 2 rings (SSSR count). The van der Waals surface area contributed by atoms with Gasteiger partial charge in [0.1, 0.15) is 0 Å². The van der Waals surface area contributed by atoms with Crippen molar-refractivity contribution >= 4 is 17.7 Å². The fourth-order valence-electron chi connectivity index (χ4n) is 2.30. The van der Waals surface area contributed by atoms with E-state index in [-0.39, 0.29) is 5.91 Å². The zero-order valence-corrected chi connectivity index (χ0v) is 13.1. The molecule has 0 aliphatic heterocycles. The lowest BCUT2D eigenvalue weighted by atomic mass is 10.0. The molecule has 0 radical (unpaired) electrons. The van der Waals surface area contributed by atoms with E-state index in [0.717, 1.165) is 42.5 Å². The van der Waals surface area contributed by atoms with Gasteiger partial charge >= 0.3 is 0 Å². The number of carbonyl (C=O) groups is 1. The highest BCUT2D eigenvalue weighted by atomic mass is 16.1. The predicted molar refractivity (Wildman–Crippen MR) is 93.6 cm³/mol. The average Bonchev–Trinajstić information content (AvgIpc) is 2.56. The van der Waals surface area contributed by atoms with Crippen LogP contribution in [0.5, 0.6) is 0 Å². The van der Waals surface area contributed by atoms with Gasteiger partial charge in [0.15, 0.2) is 0 Å². The molecule has 0 unspecified atom stereocenters. The fraction of sp³-hybridized carbons (Fsp3) is 0.250. The molecule has 0 aliphatic rings. The van der Waals surface area contributed by atoms with Gasteiger partial charge in [0, 0.05) is 11.3 Å². The van der Waals surface area contributed by atoms with Crippen molar-refractivity contribution in [1.82, 2.24) is 0 Å². The van der Waals surface area contributed by atoms with E-state index in [9.17, 15) is 4.79 Å². The summed E-state index contributed by atoms with van der Waals surface area (Å²) in [5.74, 6) is -0.00819. The highest BCUT2D eigenvalue weighted by molar-refractivity contribution is 6.06. The molecule has 0 saturated carbocycles. The molecule has 0 heterocycles. The van der Waals surface area contributed by atoms with Crippen LogP contribution in [0.2, 0.25) is 0 Å². The van der Waals surface area contributed by atoms with Crippen LogP contribution < -0.4 is 5.32 Å². The minimum Gasteiger partial charge on any atom is -0.322 e. The smallest absolute Gasteiger partial charge is 0.251 e. The predicted octanol–water partition coefficient (Wildman–Crippen LogP) is 5.29. The number of benzene rings is 2. The van der Waals surface area contributed by atoms with Crippen LogP contribution in [-0.4, -0.2) is 5.91 Å². The quantitative estimate of drug-likeness (QED) is 0.545. The maximum atomic E-state index is 12.5. The van der Waals surface area contributed by atoms with Gasteiger partial charge in [-0.1, -0.05) is 68.3 Å². The second kappa shape index (κ2) is 8.83. The first kappa shape index (κ1) is 16.0. The van der Waals surface area contributed by atoms with E-state index in [2.05, 4.69) is 12.2 Å². The van der Waals surface area contributed by atoms with E-state index >= 15 is 0 Å². The lowest BCUT2D eigenvalue weighted by Gasteiger charge is -2.09. The van der Waals surface area contributed by atoms with E-state index in [0.29, 0.717) is 0 Å². The van der Waals surface area contributed by atoms with Crippen LogP contribution in [-0.2, 0) is 4.79 Å². The summed E-state index contributed by atoms with van der Waals surface area (Å²) in [5.41, 5.74) is 2.74. The summed E-state index contributed by atoms with van der Waals surface area (Å²) in [6, 6.07) is 19.6. The van der Waals surface area contributed by atoms with Crippen molar-refractivity contribution < 1.29 is 4.79 Å². The maximum Gasteiger partial charge on any atom is 0.251 e. The highest BCUT2D eigenvalue weighted by Crippen LogP contribution is 2.16. The zero-order chi connectivity index (χ0) is 15.6. The Balaban J connectivity index is 2.12. The first-order chi connectivity index (χ1) is 10.8. The van der Waals surface area contributed by atoms with Gasteiger partial charge in [-0.15, -0.1) is 0 Å². The lowest BCUT2D eigenvalue weighted by Crippen LogP contribution is -2.14. The van der Waals surface area contributed by atoms with Crippen LogP contribution >= 0.6 is 0 Å². The summed E-state index contributed by atoms with van der Waals surface area (Å²) < 4.78 is 0. The summed E-state index contributed by atoms with van der Waals surface area (Å²) in [6.45, 7) is 2.17. The standard InChI is InChI=1S/C20H23NO/c1-2-3-6-13-18(16-17-11-7-4-8-12-17)20(22)21-19-14-9-5-10-15-19/h4-5,7-12,14-16H,2-3,6,13H2,1H3,(H,21,22). The van der Waals surface area contributed by atoms with Gasteiger partial charge in [-0.3, -0.25) is 4.79 Å². The molecule has 2 heteroatoms. The molecule has 1 N–H and O–H groups in total. The molecule has 2 aromatic carbocycles. The second-order valence-corrected chi connectivity index (χ2v) is 5.36. The normalized spacial score (nSPS) is 11.2. The van der Waals surface area contributed by atoms with Crippen LogP contribution in [0, 0.1) is 0 Å². The largest absolute Gasteiger partial charge is 0.322 e. The van der Waals surface area contributed by atoms with Crippen LogP contribution in [0.4, 0.5) is 5.69 Å². The molecule has 2 nitrogen and oxygen atoms in total. The molecule has 22 heavy (non-hydrogen) atoms. The molecule has 1 amide bonds. The van der Waals surface area contributed by atoms with Crippen molar-refractivity contribution in [2.45, 2.75) is 32.6 Å². The Bertz CT molecular complexity index is 602. The minimum atomic E-state index is -0.00819. The number of amides is 1. The highest BCUT2D eigenvalue weighted by Gasteiger charge is 2.09. The number of anilines is 1. The molecule has 0 spiro atoms. The van der Waals surface area contributed by atoms with Crippen molar-refractivity contribution in [3.05, 3.63) is 71.8 Å². The van der Waals surface area contributed by atoms with E-state index in [1.54, 1.807) is 0 Å². The SMILES string of the molecule is CCCCCC(=Cc1ccccc1)C(=O)Nc1ccccc1. The van der Waals surface area contributed by atoms with Gasteiger partial charge in [-0.25, -0.2) is 0 Å². The van der Waals surface area contributed by atoms with Crippen molar-refractivity contribution in [2.75, 3.05) is 5.32 Å². The Labute approximate surface area is 132 Å². The Kier molecular flexibility index (Phi) is 6.43. The van der Waals surface area contributed by atoms with Gasteiger partial charge in [0.05, 0.1) is 0 Å². The summed E-state index contributed by atoms with van der Waals surface area (Å²) in [5, 5.41) is 2.98. The van der Waals surface area contributed by atoms with E-state index in [4.69, 9.17) is 0 Å². The molecule has 0 aliphatic carbocycles. The monoisotopic (exact) mass is 293 g/mol. The first-order valence-corrected chi connectivity index (χ1v) is 7.91. The van der Waals surface area contributed by atoms with Gasteiger partial charge in [-0.2, -0.15) is 0 Å². The Morgan fingerprint density at radius 2 is 1.59 bits per heavy atom. The molecular formula is C20H23NO. The summed E-state index contributed by atoms with van der Waals surface area (Å²) in [4.78, 5) is 12.5. The zero-order valence-electron chi connectivity index (χ0n) is 13.1. The van der Waals surface area contributed by atoms with Crippen LogP contribution in [0.15, 0.2) is 66.2 Å². The molecule has 114 valence electrons. The van der Waals surface area contributed by atoms with Crippen molar-refractivity contribution in [3.8, 4) is 0 Å². The van der Waals surface area contributed by atoms with Crippen LogP contribution in [0.25, 0.3) is 6.08 Å². The number of carbonyl (C=O) groups excluding carboxylic acids is 1. The minimum absolute atomic E-state index is 0.00819. The molecule has 2 aromatic rings. The topological polar surface area (TPSA) is 29.1 Å². The Morgan fingerprint density at radius 1 is 0.955 bits per heavy atom. The summed E-state index contributed by atoms with van der Waals surface area (Å²) in [6.07, 6.45) is 6.14. The Morgan fingerprint density at radius 3 is 2.23 bits per heavy atom. The Hall–Kier alpha value is -2.35. The van der Waals surface area contributed by atoms with Crippen LogP contribution in [0.1, 0.15) is 38.2 Å². The van der Waals surface area contributed by atoms with Gasteiger partial charge in [-0.05, 0) is 36.6 Å². The average molecular weight is 293 g/mol. The number of hydrogen-bond donors (Lipinski definition) is 1. The number of nitrogens with one attached hydrogen (secondary N) is 1. The van der Waals surface area contributed by atoms with E-state index in [1.165, 1.54) is 0 Å². The van der Waals surface area contributed by atoms with Gasteiger partial charge in [0.25, 0.3) is 5.91 Å². The van der Waals surface area contributed by atoms with Crippen molar-refractivity contribution in [1.29, 1.82) is 0 Å². The van der Waals surface area contributed by atoms with Gasteiger partial charge < -0.3 is 5.32 Å². The second-order valence-electron chi connectivity index (χ2n) is 5.36. The third-order valence-electron chi connectivity index (χ3n) is 3.51. The maximum absolute atomic E-state index is 12.5. The van der Waals surface area contributed by atoms with E-state index < -0.39 is 0 Å². The number of rotatable bonds is 7. The third-order valence-corrected chi connectivity index (χ3v) is 3.51. The summed E-state index contributed by atoms with van der Waals surface area (Å²) in [7, 11) is 0. The molecule has 0 saturated heterocycles. The van der Waals surface area contributed by atoms with Crippen molar-refractivity contribution in [3.63, 3.8) is 0 Å². The number of hydrogen-bond acceptors (Lipinski definition) is 1. The number of unbranched alkanes of at least 4 members (excludes halogenated alkanes) is 2. The molecular weight excluding hydrogens is 270 g/mol. The van der Waals surface area contributed by atoms with Crippen molar-refractivity contribution in [2.24, 2.45) is 0 Å². The van der Waals surface area contributed by atoms with E-state index in [1.807, 2.05) is 66.7 Å². The number of para-hydroxylation sites is 1. The molecule has 0 fully saturated rings.